The van der Waals surface area contributed by atoms with Crippen molar-refractivity contribution in [3.8, 4) is 11.3 Å². The molecule has 0 spiro atoms. The molecule has 132 valence electrons. The van der Waals surface area contributed by atoms with Crippen LogP contribution in [0.5, 0.6) is 0 Å². The van der Waals surface area contributed by atoms with Crippen LogP contribution in [0.25, 0.3) is 11.3 Å². The molecule has 2 aromatic heterocycles. The summed E-state index contributed by atoms with van der Waals surface area (Å²) in [6.45, 7) is 0. The highest BCUT2D eigenvalue weighted by Crippen LogP contribution is 2.41. The molecule has 1 aromatic carbocycles. The third kappa shape index (κ3) is 2.96. The smallest absolute Gasteiger partial charge is 0.170 e. The van der Waals surface area contributed by atoms with Crippen LogP contribution < -0.4 is 5.32 Å². The molecule has 0 bridgehead atoms. The van der Waals surface area contributed by atoms with Gasteiger partial charge in [-0.25, -0.2) is 0 Å². The second kappa shape index (κ2) is 6.91. The first kappa shape index (κ1) is 17.3. The predicted octanol–water partition coefficient (Wildman–Crippen LogP) is 5.25. The van der Waals surface area contributed by atoms with Gasteiger partial charge < -0.3 is 14.6 Å². The van der Waals surface area contributed by atoms with E-state index in [0.29, 0.717) is 20.9 Å². The lowest BCUT2D eigenvalue weighted by Gasteiger charge is -2.21. The molecular weight excluding hydrogens is 389 g/mol. The Morgan fingerprint density at radius 1 is 1.12 bits per heavy atom. The van der Waals surface area contributed by atoms with E-state index in [2.05, 4.69) is 10.3 Å². The molecule has 1 saturated heterocycles. The number of aromatic nitrogens is 1. The zero-order chi connectivity index (χ0) is 18.3. The quantitative estimate of drug-likeness (QED) is 0.604. The van der Waals surface area contributed by atoms with Gasteiger partial charge in [0.2, 0.25) is 0 Å². The predicted molar refractivity (Wildman–Crippen MR) is 107 cm³/mol. The Labute approximate surface area is 166 Å². The number of nitrogens with zero attached hydrogens (tertiary/aromatic N) is 2. The van der Waals surface area contributed by atoms with Crippen molar-refractivity contribution in [3.63, 3.8) is 0 Å². The van der Waals surface area contributed by atoms with E-state index < -0.39 is 0 Å². The normalized spacial score (nSPS) is 19.7. The van der Waals surface area contributed by atoms with E-state index >= 15 is 0 Å². The maximum absolute atomic E-state index is 6.33. The van der Waals surface area contributed by atoms with E-state index in [1.165, 1.54) is 0 Å². The topological polar surface area (TPSA) is 41.3 Å². The fourth-order valence-corrected chi connectivity index (χ4v) is 3.80. The van der Waals surface area contributed by atoms with Gasteiger partial charge in [0.25, 0.3) is 0 Å². The van der Waals surface area contributed by atoms with Gasteiger partial charge in [-0.15, -0.1) is 0 Å². The molecule has 2 atom stereocenters. The van der Waals surface area contributed by atoms with Gasteiger partial charge in [0.05, 0.1) is 21.8 Å². The molecule has 4 rings (SSSR count). The summed E-state index contributed by atoms with van der Waals surface area (Å²) in [6, 6.07) is 15.0. The van der Waals surface area contributed by atoms with Crippen molar-refractivity contribution in [2.45, 2.75) is 12.1 Å². The van der Waals surface area contributed by atoms with Crippen molar-refractivity contribution < 1.29 is 4.42 Å². The number of nitrogens with one attached hydrogen (secondary N) is 1. The Bertz CT molecular complexity index is 960. The van der Waals surface area contributed by atoms with E-state index in [-0.39, 0.29) is 12.1 Å². The van der Waals surface area contributed by atoms with Crippen LogP contribution in [0, 0.1) is 0 Å². The number of likely N-dealkylation sites (N-methyl/N-ethyl adjacent to an activating group) is 1. The number of rotatable bonds is 3. The molecule has 1 aliphatic heterocycles. The molecule has 0 saturated carbocycles. The number of benzene rings is 1. The van der Waals surface area contributed by atoms with Gasteiger partial charge in [-0.1, -0.05) is 35.3 Å². The van der Waals surface area contributed by atoms with Crippen LogP contribution in [0.15, 0.2) is 59.1 Å². The van der Waals surface area contributed by atoms with E-state index in [1.807, 2.05) is 54.4 Å². The van der Waals surface area contributed by atoms with Crippen LogP contribution in [0.2, 0.25) is 10.0 Å². The number of hydrogen-bond donors (Lipinski definition) is 1. The summed E-state index contributed by atoms with van der Waals surface area (Å²) in [6.07, 6.45) is 1.77. The molecule has 0 aliphatic carbocycles. The van der Waals surface area contributed by atoms with Gasteiger partial charge in [-0.05, 0) is 48.6 Å². The number of thiocarbonyl (C=S) groups is 1. The zero-order valence-corrected chi connectivity index (χ0v) is 16.1. The molecular formula is C19H15Cl2N3OS. The van der Waals surface area contributed by atoms with E-state index in [0.717, 1.165) is 17.0 Å². The van der Waals surface area contributed by atoms with Crippen LogP contribution in [-0.2, 0) is 0 Å². The molecule has 4 nitrogen and oxygen atoms in total. The first-order valence-corrected chi connectivity index (χ1v) is 9.21. The highest BCUT2D eigenvalue weighted by atomic mass is 35.5. The standard InChI is InChI=1S/C19H15Cl2N3OS/c1-24-18(17(23-19(24)26)13-7-2-3-10-22-13)15-9-8-14(25-15)11-5-4-6-12(20)16(11)21/h2-10,17-18H,1H3,(H,23,26)/t17-,18-/m0/s1. The van der Waals surface area contributed by atoms with E-state index in [9.17, 15) is 0 Å². The minimum absolute atomic E-state index is 0.0949. The first-order valence-electron chi connectivity index (χ1n) is 8.04. The molecule has 0 unspecified atom stereocenters. The van der Waals surface area contributed by atoms with Gasteiger partial charge in [-0.2, -0.15) is 0 Å². The van der Waals surface area contributed by atoms with Crippen molar-refractivity contribution in [3.05, 3.63) is 76.2 Å². The van der Waals surface area contributed by atoms with Crippen molar-refractivity contribution in [1.29, 1.82) is 0 Å². The van der Waals surface area contributed by atoms with E-state index in [1.54, 1.807) is 12.3 Å². The molecule has 3 heterocycles. The average Bonchev–Trinajstić information content (AvgIpc) is 3.23. The Morgan fingerprint density at radius 3 is 2.73 bits per heavy atom. The summed E-state index contributed by atoms with van der Waals surface area (Å²) >= 11 is 17.9. The van der Waals surface area contributed by atoms with Crippen molar-refractivity contribution in [2.24, 2.45) is 0 Å². The summed E-state index contributed by atoms with van der Waals surface area (Å²) < 4.78 is 6.15. The van der Waals surface area contributed by atoms with Crippen LogP contribution in [0.4, 0.5) is 0 Å². The highest BCUT2D eigenvalue weighted by Gasteiger charge is 2.39. The average molecular weight is 404 g/mol. The lowest BCUT2D eigenvalue weighted by molar-refractivity contribution is 0.310. The third-order valence-electron chi connectivity index (χ3n) is 4.47. The fraction of sp³-hybridized carbons (Fsp3) is 0.158. The molecule has 0 radical (unpaired) electrons. The van der Waals surface area contributed by atoms with Crippen molar-refractivity contribution in [1.82, 2.24) is 15.2 Å². The summed E-state index contributed by atoms with van der Waals surface area (Å²) in [7, 11) is 1.94. The van der Waals surface area contributed by atoms with Crippen LogP contribution in [0.1, 0.15) is 23.5 Å². The zero-order valence-electron chi connectivity index (χ0n) is 13.8. The first-order chi connectivity index (χ1) is 12.6. The molecule has 7 heteroatoms. The molecule has 3 aromatic rings. The maximum atomic E-state index is 6.33. The number of furan rings is 1. The Hall–Kier alpha value is -2.08. The van der Waals surface area contributed by atoms with Gasteiger partial charge in [0.15, 0.2) is 5.11 Å². The van der Waals surface area contributed by atoms with Gasteiger partial charge in [0, 0.05) is 18.8 Å². The molecule has 1 N–H and O–H groups in total. The second-order valence-electron chi connectivity index (χ2n) is 6.04. The Balaban J connectivity index is 1.73. The van der Waals surface area contributed by atoms with Gasteiger partial charge in [-0.3, -0.25) is 4.98 Å². The summed E-state index contributed by atoms with van der Waals surface area (Å²) in [5, 5.41) is 4.95. The highest BCUT2D eigenvalue weighted by molar-refractivity contribution is 7.80. The van der Waals surface area contributed by atoms with E-state index in [4.69, 9.17) is 39.8 Å². The minimum atomic E-state index is -0.107. The molecule has 1 fully saturated rings. The van der Waals surface area contributed by atoms with Crippen molar-refractivity contribution >= 4 is 40.5 Å². The molecule has 26 heavy (non-hydrogen) atoms. The van der Waals surface area contributed by atoms with Gasteiger partial charge in [0.1, 0.15) is 17.6 Å². The lowest BCUT2D eigenvalue weighted by Crippen LogP contribution is -2.24. The number of halogens is 2. The minimum Gasteiger partial charge on any atom is -0.459 e. The summed E-state index contributed by atoms with van der Waals surface area (Å²) in [5.41, 5.74) is 1.67. The maximum Gasteiger partial charge on any atom is 0.170 e. The summed E-state index contributed by atoms with van der Waals surface area (Å²) in [4.78, 5) is 6.45. The monoisotopic (exact) mass is 403 g/mol. The third-order valence-corrected chi connectivity index (χ3v) is 5.70. The SMILES string of the molecule is CN1C(=S)N[C@@H](c2ccccn2)[C@@H]1c1ccc(-c2cccc(Cl)c2Cl)o1. The van der Waals surface area contributed by atoms with Crippen LogP contribution in [-0.4, -0.2) is 22.0 Å². The lowest BCUT2D eigenvalue weighted by atomic mass is 10.0. The van der Waals surface area contributed by atoms with Gasteiger partial charge >= 0.3 is 0 Å². The number of hydrogen-bond acceptors (Lipinski definition) is 3. The van der Waals surface area contributed by atoms with Crippen LogP contribution >= 0.6 is 35.4 Å². The Morgan fingerprint density at radius 2 is 1.96 bits per heavy atom. The molecule has 1 aliphatic rings. The van der Waals surface area contributed by atoms with Crippen molar-refractivity contribution in [2.75, 3.05) is 7.05 Å². The molecule has 0 amide bonds. The largest absolute Gasteiger partial charge is 0.459 e. The van der Waals surface area contributed by atoms with Crippen LogP contribution in [0.3, 0.4) is 0 Å². The Kier molecular flexibility index (Phi) is 4.61. The fourth-order valence-electron chi connectivity index (χ4n) is 3.17. The second-order valence-corrected chi connectivity index (χ2v) is 7.21. The summed E-state index contributed by atoms with van der Waals surface area (Å²) in [5.74, 6) is 1.44. The number of pyridine rings is 1.